The minimum absolute atomic E-state index is 0.0192. The Morgan fingerprint density at radius 1 is 0.929 bits per heavy atom. The van der Waals surface area contributed by atoms with E-state index in [4.69, 9.17) is 16.3 Å². The van der Waals surface area contributed by atoms with Crippen molar-refractivity contribution in [3.8, 4) is 0 Å². The molecule has 0 aromatic heterocycles. The number of allylic oxidation sites excluding steroid dienone is 2. The number of carbonyl (C=O) groups excluding carboxylic acids is 2. The van der Waals surface area contributed by atoms with Gasteiger partial charge in [0.25, 0.3) is 0 Å². The summed E-state index contributed by atoms with van der Waals surface area (Å²) in [5.41, 5.74) is 2.83. The number of ether oxygens (including phenoxy) is 1. The number of ketones is 1. The first-order valence-corrected chi connectivity index (χ1v) is 16.8. The Balaban J connectivity index is 1.41. The van der Waals surface area contributed by atoms with Crippen LogP contribution in [0.4, 0.5) is 0 Å². The molecule has 1 aromatic carbocycles. The zero-order valence-corrected chi connectivity index (χ0v) is 27.7. The summed E-state index contributed by atoms with van der Waals surface area (Å²) < 4.78 is 5.54. The number of Topliss-reactive ketones (excluding diaryl/α,β-unsaturated/α-hetero) is 1. The molecule has 1 aromatic rings. The van der Waals surface area contributed by atoms with Crippen LogP contribution in [-0.2, 0) is 14.3 Å². The Hall–Kier alpha value is -1.87. The Morgan fingerprint density at radius 3 is 2.26 bits per heavy atom. The first kappa shape index (κ1) is 30.2. The van der Waals surface area contributed by atoms with Gasteiger partial charge in [-0.3, -0.25) is 9.59 Å². The summed E-state index contributed by atoms with van der Waals surface area (Å²) >= 11 is 6.18. The van der Waals surface area contributed by atoms with Crippen molar-refractivity contribution >= 4 is 29.4 Å². The zero-order chi connectivity index (χ0) is 30.5. The second kappa shape index (κ2) is 9.82. The van der Waals surface area contributed by atoms with Gasteiger partial charge in [-0.25, -0.2) is 0 Å². The summed E-state index contributed by atoms with van der Waals surface area (Å²) in [4.78, 5) is 27.6. The number of hydrogen-bond acceptors (Lipinski definition) is 3. The standard InChI is InChI=1S/C38H51ClO3/c1-23(2)27-15-18-38(33(41)42-8)20-19-36(6)28(31(27)38)13-14-30-35(5)22-25(21-24-9-11-26(39)12-10-24)32(40)34(3,4)29(35)16-17-37(30,36)7/h9-12,21,27-31H,1,13-20,22H2,2-8H3/b25-21+/t27-,28-,29-,30+,31-,35+,36-,37+,38-/m1/s1. The maximum absolute atomic E-state index is 14.1. The lowest BCUT2D eigenvalue weighted by Crippen LogP contribution is -2.67. The molecular formula is C38H51ClO3. The van der Waals surface area contributed by atoms with E-state index in [0.717, 1.165) is 62.5 Å². The van der Waals surface area contributed by atoms with E-state index in [1.165, 1.54) is 12.0 Å². The summed E-state index contributed by atoms with van der Waals surface area (Å²) in [6.45, 7) is 18.8. The fourth-order valence-electron chi connectivity index (χ4n) is 12.4. The summed E-state index contributed by atoms with van der Waals surface area (Å²) in [5.74, 6) is 2.42. The van der Waals surface area contributed by atoms with Gasteiger partial charge < -0.3 is 4.74 Å². The van der Waals surface area contributed by atoms with Gasteiger partial charge in [0.2, 0.25) is 0 Å². The molecule has 0 aliphatic heterocycles. The molecule has 3 nitrogen and oxygen atoms in total. The molecule has 0 bridgehead atoms. The number of rotatable bonds is 3. The molecule has 0 heterocycles. The van der Waals surface area contributed by atoms with Crippen molar-refractivity contribution in [1.82, 2.24) is 0 Å². The number of fused-ring (bicyclic) bond motifs is 7. The van der Waals surface area contributed by atoms with Crippen LogP contribution in [0.5, 0.6) is 0 Å². The highest BCUT2D eigenvalue weighted by atomic mass is 35.5. The average molecular weight is 591 g/mol. The molecule has 5 saturated carbocycles. The SMILES string of the molecule is C=C(C)[C@H]1CC[C@@]2(C(=O)OC)CC[C@]3(C)[C@H](CC[C@H]4[C@@]5(C)C/C(=C\c6ccc(Cl)cc6)C(=O)C(C)(C)[C@H]5CC[C@@]43C)[C@@H]12. The second-order valence-corrected chi connectivity index (χ2v) is 16.7. The largest absolute Gasteiger partial charge is 0.469 e. The fourth-order valence-corrected chi connectivity index (χ4v) is 12.6. The van der Waals surface area contributed by atoms with Gasteiger partial charge in [0, 0.05) is 10.4 Å². The van der Waals surface area contributed by atoms with Crippen molar-refractivity contribution in [2.24, 2.45) is 56.7 Å². The van der Waals surface area contributed by atoms with Crippen LogP contribution in [0.25, 0.3) is 6.08 Å². The number of methoxy groups -OCH3 is 1. The molecule has 0 unspecified atom stereocenters. The van der Waals surface area contributed by atoms with Crippen molar-refractivity contribution < 1.29 is 14.3 Å². The van der Waals surface area contributed by atoms with Gasteiger partial charge in [0.1, 0.15) is 0 Å². The summed E-state index contributed by atoms with van der Waals surface area (Å²) in [5, 5.41) is 0.715. The topological polar surface area (TPSA) is 43.4 Å². The molecule has 0 amide bonds. The van der Waals surface area contributed by atoms with Gasteiger partial charge in [-0.05, 0) is 140 Å². The number of benzene rings is 1. The summed E-state index contributed by atoms with van der Waals surface area (Å²) in [6, 6.07) is 7.87. The molecule has 6 rings (SSSR count). The van der Waals surface area contributed by atoms with Crippen molar-refractivity contribution in [1.29, 1.82) is 0 Å². The predicted octanol–water partition coefficient (Wildman–Crippen LogP) is 9.73. The molecule has 5 aliphatic rings. The van der Waals surface area contributed by atoms with Crippen LogP contribution in [0.3, 0.4) is 0 Å². The third-order valence-electron chi connectivity index (χ3n) is 14.5. The van der Waals surface area contributed by atoms with Gasteiger partial charge in [-0.1, -0.05) is 70.5 Å². The van der Waals surface area contributed by atoms with Crippen LogP contribution in [0.15, 0.2) is 42.0 Å². The molecular weight excluding hydrogens is 540 g/mol. The monoisotopic (exact) mass is 590 g/mol. The van der Waals surface area contributed by atoms with E-state index >= 15 is 0 Å². The smallest absolute Gasteiger partial charge is 0.312 e. The van der Waals surface area contributed by atoms with E-state index in [-0.39, 0.29) is 27.6 Å². The molecule has 0 spiro atoms. The van der Waals surface area contributed by atoms with Crippen LogP contribution in [-0.4, -0.2) is 18.9 Å². The number of carbonyl (C=O) groups is 2. The highest BCUT2D eigenvalue weighted by molar-refractivity contribution is 6.30. The quantitative estimate of drug-likeness (QED) is 0.200. The lowest BCUT2D eigenvalue weighted by Gasteiger charge is -2.72. The molecule has 228 valence electrons. The Bertz CT molecular complexity index is 1340. The Morgan fingerprint density at radius 2 is 1.62 bits per heavy atom. The van der Waals surface area contributed by atoms with E-state index in [0.29, 0.717) is 40.4 Å². The van der Waals surface area contributed by atoms with Gasteiger partial charge >= 0.3 is 5.97 Å². The highest BCUT2D eigenvalue weighted by Crippen LogP contribution is 2.77. The maximum Gasteiger partial charge on any atom is 0.312 e. The van der Waals surface area contributed by atoms with Gasteiger partial charge in [-0.15, -0.1) is 0 Å². The fraction of sp³-hybridized carbons (Fsp3) is 0.684. The van der Waals surface area contributed by atoms with Crippen molar-refractivity contribution in [3.63, 3.8) is 0 Å². The number of hydrogen-bond donors (Lipinski definition) is 0. The van der Waals surface area contributed by atoms with Crippen molar-refractivity contribution in [2.45, 2.75) is 99.3 Å². The Labute approximate surface area is 258 Å². The first-order valence-electron chi connectivity index (χ1n) is 16.4. The molecule has 4 heteroatoms. The van der Waals surface area contributed by atoms with Gasteiger partial charge in [0.15, 0.2) is 5.78 Å². The summed E-state index contributed by atoms with van der Waals surface area (Å²) in [6.07, 6.45) is 11.5. The van der Waals surface area contributed by atoms with E-state index in [2.05, 4.69) is 54.2 Å². The van der Waals surface area contributed by atoms with Gasteiger partial charge in [-0.2, -0.15) is 0 Å². The number of halogens is 1. The van der Waals surface area contributed by atoms with Crippen molar-refractivity contribution in [3.05, 3.63) is 52.6 Å². The lowest BCUT2D eigenvalue weighted by molar-refractivity contribution is -0.232. The molecule has 0 saturated heterocycles. The summed E-state index contributed by atoms with van der Waals surface area (Å²) in [7, 11) is 1.58. The lowest BCUT2D eigenvalue weighted by atomic mass is 9.32. The van der Waals surface area contributed by atoms with E-state index in [1.54, 1.807) is 7.11 Å². The predicted molar refractivity (Wildman–Crippen MR) is 171 cm³/mol. The van der Waals surface area contributed by atoms with Crippen LogP contribution >= 0.6 is 11.6 Å². The highest BCUT2D eigenvalue weighted by Gasteiger charge is 2.72. The zero-order valence-electron chi connectivity index (χ0n) is 26.9. The average Bonchev–Trinajstić information content (AvgIpc) is 3.34. The molecule has 5 aliphatic carbocycles. The molecule has 5 fully saturated rings. The van der Waals surface area contributed by atoms with Crippen LogP contribution < -0.4 is 0 Å². The van der Waals surface area contributed by atoms with Crippen LogP contribution in [0.1, 0.15) is 105 Å². The van der Waals surface area contributed by atoms with E-state index < -0.39 is 5.41 Å². The molecule has 0 radical (unpaired) electrons. The third kappa shape index (κ3) is 3.90. The molecule has 0 N–H and O–H groups in total. The Kier molecular flexibility index (Phi) is 7.05. The minimum atomic E-state index is -0.395. The second-order valence-electron chi connectivity index (χ2n) is 16.3. The normalized spacial score (nSPS) is 44.9. The van der Waals surface area contributed by atoms with Gasteiger partial charge in [0.05, 0.1) is 12.5 Å². The van der Waals surface area contributed by atoms with Crippen molar-refractivity contribution in [2.75, 3.05) is 7.11 Å². The van der Waals surface area contributed by atoms with E-state index in [9.17, 15) is 9.59 Å². The van der Waals surface area contributed by atoms with E-state index in [1.807, 2.05) is 24.3 Å². The first-order chi connectivity index (χ1) is 19.7. The molecule has 42 heavy (non-hydrogen) atoms. The van der Waals surface area contributed by atoms with Crippen LogP contribution in [0.2, 0.25) is 5.02 Å². The molecule has 9 atom stereocenters. The number of esters is 1. The maximum atomic E-state index is 14.1. The minimum Gasteiger partial charge on any atom is -0.469 e. The third-order valence-corrected chi connectivity index (χ3v) is 14.7. The van der Waals surface area contributed by atoms with Crippen LogP contribution in [0, 0.1) is 56.7 Å².